The highest BCUT2D eigenvalue weighted by Crippen LogP contribution is 2.34. The summed E-state index contributed by atoms with van der Waals surface area (Å²) in [6.45, 7) is -0.414. The quantitative estimate of drug-likeness (QED) is 0.287. The molecule has 8 nitrogen and oxygen atoms in total. The van der Waals surface area contributed by atoms with Crippen LogP contribution in [0.1, 0.15) is 10.4 Å². The lowest BCUT2D eigenvalue weighted by Crippen LogP contribution is -2.26. The van der Waals surface area contributed by atoms with Crippen LogP contribution in [-0.2, 0) is 11.4 Å². The van der Waals surface area contributed by atoms with Crippen LogP contribution in [0, 0.1) is 5.82 Å². The number of benzene rings is 2. The number of nitrogens with zero attached hydrogens (tertiary/aromatic N) is 2. The Hall–Kier alpha value is -2.24. The third-order valence-electron chi connectivity index (χ3n) is 3.99. The third-order valence-corrected chi connectivity index (χ3v) is 4.80. The first-order chi connectivity index (χ1) is 14.0. The molecule has 0 saturated heterocycles. The van der Waals surface area contributed by atoms with Crippen molar-refractivity contribution in [2.24, 2.45) is 0 Å². The largest absolute Gasteiger partial charge is 0.395 e. The van der Waals surface area contributed by atoms with Crippen LogP contribution < -0.4 is 10.8 Å². The first kappa shape index (κ1) is 21.5. The van der Waals surface area contributed by atoms with Gasteiger partial charge >= 0.3 is 0 Å². The summed E-state index contributed by atoms with van der Waals surface area (Å²) in [6.07, 6.45) is 1.38. The Balaban J connectivity index is 2.10. The van der Waals surface area contributed by atoms with E-state index in [1.807, 2.05) is 0 Å². The van der Waals surface area contributed by atoms with E-state index in [1.54, 1.807) is 18.2 Å². The van der Waals surface area contributed by atoms with E-state index >= 15 is 4.39 Å². The maximum absolute atomic E-state index is 15.3. The van der Waals surface area contributed by atoms with Crippen LogP contribution in [-0.4, -0.2) is 45.5 Å². The summed E-state index contributed by atoms with van der Waals surface area (Å²) in [7, 11) is 0. The van der Waals surface area contributed by atoms with Crippen LogP contribution in [0.5, 0.6) is 0 Å². The van der Waals surface area contributed by atoms with Crippen molar-refractivity contribution in [1.82, 2.24) is 15.0 Å². The van der Waals surface area contributed by atoms with E-state index in [0.717, 1.165) is 4.47 Å². The average Bonchev–Trinajstić information content (AvgIpc) is 3.09. The maximum Gasteiger partial charge on any atom is 0.277 e. The minimum Gasteiger partial charge on any atom is -0.395 e. The van der Waals surface area contributed by atoms with Gasteiger partial charge < -0.3 is 20.1 Å². The molecule has 11 heteroatoms. The van der Waals surface area contributed by atoms with Gasteiger partial charge in [-0.2, -0.15) is 0 Å². The van der Waals surface area contributed by atoms with Crippen LogP contribution >= 0.6 is 27.5 Å². The summed E-state index contributed by atoms with van der Waals surface area (Å²) in [6, 6.07) is 6.41. The van der Waals surface area contributed by atoms with Gasteiger partial charge in [0, 0.05) is 11.0 Å². The molecular weight excluding hydrogens is 471 g/mol. The van der Waals surface area contributed by atoms with Gasteiger partial charge in [0.2, 0.25) is 0 Å². The fourth-order valence-electron chi connectivity index (χ4n) is 2.69. The van der Waals surface area contributed by atoms with Crippen molar-refractivity contribution in [2.45, 2.75) is 6.54 Å². The number of imidazole rings is 1. The normalized spacial score (nSPS) is 11.1. The molecule has 3 rings (SSSR count). The molecule has 4 N–H and O–H groups in total. The number of aliphatic hydroxyl groups is 2. The van der Waals surface area contributed by atoms with Crippen molar-refractivity contribution in [1.29, 1.82) is 0 Å². The second-order valence-corrected chi connectivity index (χ2v) is 7.22. The van der Waals surface area contributed by atoms with Gasteiger partial charge in [0.15, 0.2) is 5.82 Å². The molecule has 0 saturated carbocycles. The average molecular weight is 488 g/mol. The van der Waals surface area contributed by atoms with Crippen molar-refractivity contribution in [2.75, 3.05) is 25.1 Å². The molecule has 0 aliphatic rings. The summed E-state index contributed by atoms with van der Waals surface area (Å²) < 4.78 is 17.6. The predicted octanol–water partition coefficient (Wildman–Crippen LogP) is 2.98. The molecule has 0 radical (unpaired) electrons. The number of rotatable bonds is 8. The van der Waals surface area contributed by atoms with E-state index < -0.39 is 11.7 Å². The van der Waals surface area contributed by atoms with Gasteiger partial charge in [0.1, 0.15) is 5.52 Å². The highest BCUT2D eigenvalue weighted by Gasteiger charge is 2.22. The Morgan fingerprint density at radius 1 is 1.31 bits per heavy atom. The smallest absolute Gasteiger partial charge is 0.277 e. The van der Waals surface area contributed by atoms with Crippen LogP contribution in [0.3, 0.4) is 0 Å². The van der Waals surface area contributed by atoms with E-state index in [9.17, 15) is 9.90 Å². The molecule has 0 unspecified atom stereocenters. The Bertz CT molecular complexity index is 1050. The Labute approximate surface area is 178 Å². The summed E-state index contributed by atoms with van der Waals surface area (Å²) in [4.78, 5) is 21.5. The predicted molar refractivity (Wildman–Crippen MR) is 110 cm³/mol. The minimum atomic E-state index is -0.759. The number of nitrogens with one attached hydrogen (secondary N) is 2. The number of carbonyl (C=O) groups excluding carboxylic acids is 1. The molecule has 0 atom stereocenters. The molecular formula is C18H17BrClFN4O4. The summed E-state index contributed by atoms with van der Waals surface area (Å²) >= 11 is 9.51. The molecule has 0 fully saturated rings. The van der Waals surface area contributed by atoms with Crippen molar-refractivity contribution in [3.63, 3.8) is 0 Å². The van der Waals surface area contributed by atoms with E-state index in [1.165, 1.54) is 17.0 Å². The van der Waals surface area contributed by atoms with Crippen LogP contribution in [0.15, 0.2) is 35.1 Å². The lowest BCUT2D eigenvalue weighted by molar-refractivity contribution is 0.0169. The topological polar surface area (TPSA) is 109 Å². The molecule has 0 bridgehead atoms. The van der Waals surface area contributed by atoms with Crippen LogP contribution in [0.2, 0.25) is 5.02 Å². The highest BCUT2D eigenvalue weighted by molar-refractivity contribution is 9.10. The molecule has 0 aliphatic heterocycles. The molecule has 1 amide bonds. The number of hydroxylamine groups is 1. The number of halogens is 3. The van der Waals surface area contributed by atoms with E-state index in [2.05, 4.69) is 31.7 Å². The number of carbonyl (C=O) groups is 1. The number of anilines is 2. The number of fused-ring (bicyclic) bond motifs is 1. The monoisotopic (exact) mass is 486 g/mol. The van der Waals surface area contributed by atoms with Gasteiger partial charge in [-0.15, -0.1) is 0 Å². The Morgan fingerprint density at radius 3 is 2.79 bits per heavy atom. The maximum atomic E-state index is 15.3. The minimum absolute atomic E-state index is 0.0296. The lowest BCUT2D eigenvalue weighted by atomic mass is 10.1. The van der Waals surface area contributed by atoms with E-state index in [-0.39, 0.29) is 43.1 Å². The van der Waals surface area contributed by atoms with Crippen molar-refractivity contribution >= 4 is 55.8 Å². The van der Waals surface area contributed by atoms with Gasteiger partial charge in [0.05, 0.1) is 53.6 Å². The van der Waals surface area contributed by atoms with Crippen molar-refractivity contribution in [3.8, 4) is 0 Å². The molecule has 1 heterocycles. The number of hydrogen-bond donors (Lipinski definition) is 4. The van der Waals surface area contributed by atoms with Crippen molar-refractivity contribution < 1.29 is 24.2 Å². The summed E-state index contributed by atoms with van der Waals surface area (Å²) in [5, 5.41) is 21.2. The Morgan fingerprint density at radius 2 is 2.10 bits per heavy atom. The molecule has 154 valence electrons. The van der Waals surface area contributed by atoms with Gasteiger partial charge in [-0.1, -0.05) is 27.5 Å². The second kappa shape index (κ2) is 9.51. The first-order valence-corrected chi connectivity index (χ1v) is 9.66. The van der Waals surface area contributed by atoms with E-state index in [0.29, 0.717) is 16.2 Å². The lowest BCUT2D eigenvalue weighted by Gasteiger charge is -2.15. The SMILES string of the molecule is O=C(NOCCO)c1cc2c(ncn2CCO)c(F)c1Nc1ccc(Br)cc1Cl. The van der Waals surface area contributed by atoms with Crippen molar-refractivity contribution in [3.05, 3.63) is 51.5 Å². The fourth-order valence-corrected chi connectivity index (χ4v) is 3.41. The fraction of sp³-hybridized carbons (Fsp3) is 0.222. The van der Waals surface area contributed by atoms with Gasteiger partial charge in [-0.25, -0.2) is 14.9 Å². The standard InChI is InChI=1S/C18H17BrClFN4O4/c19-10-1-2-13(12(20)7-10)23-16-11(18(28)24-29-6-5-27)8-14-17(15(16)21)22-9-25(14)3-4-26/h1-2,7-9,23,26-27H,3-6H2,(H,24,28). The molecule has 29 heavy (non-hydrogen) atoms. The highest BCUT2D eigenvalue weighted by atomic mass is 79.9. The third kappa shape index (κ3) is 4.68. The number of aliphatic hydroxyl groups excluding tert-OH is 2. The Kier molecular flexibility index (Phi) is 7.04. The zero-order chi connectivity index (χ0) is 21.0. The van der Waals surface area contributed by atoms with Gasteiger partial charge in [0.25, 0.3) is 5.91 Å². The number of hydrogen-bond acceptors (Lipinski definition) is 6. The first-order valence-electron chi connectivity index (χ1n) is 8.49. The molecule has 0 aliphatic carbocycles. The van der Waals surface area contributed by atoms with Gasteiger partial charge in [-0.3, -0.25) is 9.63 Å². The summed E-state index contributed by atoms with van der Waals surface area (Å²) in [5.74, 6) is -1.49. The van der Waals surface area contributed by atoms with Gasteiger partial charge in [-0.05, 0) is 24.3 Å². The molecule has 2 aromatic carbocycles. The zero-order valence-electron chi connectivity index (χ0n) is 15.0. The van der Waals surface area contributed by atoms with E-state index in [4.69, 9.17) is 21.5 Å². The molecule has 0 spiro atoms. The second-order valence-electron chi connectivity index (χ2n) is 5.89. The van der Waals surface area contributed by atoms with Crippen LogP contribution in [0.25, 0.3) is 11.0 Å². The summed E-state index contributed by atoms with van der Waals surface area (Å²) in [5.41, 5.74) is 2.70. The van der Waals surface area contributed by atoms with Crippen LogP contribution in [0.4, 0.5) is 15.8 Å². The zero-order valence-corrected chi connectivity index (χ0v) is 17.3. The number of aromatic nitrogens is 2. The molecule has 3 aromatic rings. The number of amides is 1. The molecule has 1 aromatic heterocycles.